The third kappa shape index (κ3) is 11.4. The van der Waals surface area contributed by atoms with E-state index in [4.69, 9.17) is 18.2 Å². The molecule has 0 spiro atoms. The van der Waals surface area contributed by atoms with E-state index in [-0.39, 0.29) is 43.0 Å². The molecule has 0 aromatic heterocycles. The summed E-state index contributed by atoms with van der Waals surface area (Å²) in [5, 5.41) is 3.83. The average Bonchev–Trinajstić information content (AvgIpc) is 2.93. The lowest BCUT2D eigenvalue weighted by Crippen LogP contribution is -2.66. The van der Waals surface area contributed by atoms with Crippen LogP contribution in [0.3, 0.4) is 0 Å². The van der Waals surface area contributed by atoms with Crippen molar-refractivity contribution in [3.63, 3.8) is 0 Å². The molecule has 2 rings (SSSR count). The lowest BCUT2D eigenvalue weighted by molar-refractivity contribution is -0.217. The number of nitrogens with zero attached hydrogens (tertiary/aromatic N) is 1. The van der Waals surface area contributed by atoms with Crippen molar-refractivity contribution in [2.45, 2.75) is 85.7 Å². The van der Waals surface area contributed by atoms with Gasteiger partial charge in [-0.2, -0.15) is 8.42 Å². The minimum Gasteiger partial charge on any atom is -0.407 e. The van der Waals surface area contributed by atoms with Crippen molar-refractivity contribution in [2.75, 3.05) is 38.7 Å². The number of ether oxygens (including phenoxy) is 1. The molecule has 0 aliphatic carbocycles. The summed E-state index contributed by atoms with van der Waals surface area (Å²) in [5.74, 6) is -0.586. The molecule has 0 fully saturated rings. The molecule has 0 N–H and O–H groups in total. The minimum absolute atomic E-state index is 0.0145. The van der Waals surface area contributed by atoms with Crippen LogP contribution >= 0.6 is 0 Å². The van der Waals surface area contributed by atoms with E-state index in [1.54, 1.807) is 12.0 Å². The molecule has 0 amide bonds. The van der Waals surface area contributed by atoms with Crippen molar-refractivity contribution >= 4 is 34.8 Å². The van der Waals surface area contributed by atoms with E-state index < -0.39 is 29.4 Å². The monoisotopic (exact) mass is 635 g/mol. The fraction of sp³-hybridized carbons (Fsp3) is 0.606. The molecule has 10 heteroatoms. The highest BCUT2D eigenvalue weighted by molar-refractivity contribution is 7.86. The van der Waals surface area contributed by atoms with Gasteiger partial charge in [-0.1, -0.05) is 102 Å². The van der Waals surface area contributed by atoms with Gasteiger partial charge in [0.2, 0.25) is 0 Å². The van der Waals surface area contributed by atoms with Gasteiger partial charge in [0.1, 0.15) is 0 Å². The standard InChI is InChI=1S/C33H53NO7SSi/c1-10-30(35)41-34(31(2,3)4)22-24-38-25-26-42(36,37)39-27-33(8,9)21-23-40-43(32(5,6)7,28-17-13-11-14-18-28)29-19-15-12-16-20-29/h11-20H,10,21-27H2,1-9H3. The number of hydroxylamine groups is 2. The van der Waals surface area contributed by atoms with Gasteiger partial charge in [-0.05, 0) is 48.0 Å². The Labute approximate surface area is 261 Å². The summed E-state index contributed by atoms with van der Waals surface area (Å²) in [4.78, 5) is 17.1. The first-order valence-corrected chi connectivity index (χ1v) is 18.6. The largest absolute Gasteiger partial charge is 0.407 e. The Bertz CT molecular complexity index is 1180. The van der Waals surface area contributed by atoms with Crippen LogP contribution in [-0.2, 0) is 33.1 Å². The number of hydrogen-bond acceptors (Lipinski definition) is 8. The second-order valence-corrected chi connectivity index (χ2v) is 19.7. The molecular weight excluding hydrogens is 583 g/mol. The first kappa shape index (κ1) is 37.1. The molecule has 0 aliphatic rings. The van der Waals surface area contributed by atoms with Crippen molar-refractivity contribution in [1.82, 2.24) is 5.06 Å². The molecular formula is C33H53NO7SSi. The summed E-state index contributed by atoms with van der Waals surface area (Å²) in [6, 6.07) is 20.9. The van der Waals surface area contributed by atoms with Crippen LogP contribution in [0.25, 0.3) is 0 Å². The zero-order valence-corrected chi connectivity index (χ0v) is 29.5. The maximum Gasteiger partial charge on any atom is 0.324 e. The molecule has 0 radical (unpaired) electrons. The number of rotatable bonds is 17. The van der Waals surface area contributed by atoms with Crippen molar-refractivity contribution in [3.8, 4) is 0 Å². The highest BCUT2D eigenvalue weighted by atomic mass is 32.2. The third-order valence-corrected chi connectivity index (χ3v) is 13.5. The van der Waals surface area contributed by atoms with Gasteiger partial charge in [-0.25, -0.2) is 0 Å². The second-order valence-electron chi connectivity index (χ2n) is 13.7. The molecule has 0 atom stereocenters. The first-order valence-electron chi connectivity index (χ1n) is 15.1. The lowest BCUT2D eigenvalue weighted by atomic mass is 9.91. The molecule has 2 aromatic carbocycles. The number of hydrogen-bond donors (Lipinski definition) is 0. The smallest absolute Gasteiger partial charge is 0.324 e. The molecule has 242 valence electrons. The van der Waals surface area contributed by atoms with Gasteiger partial charge < -0.3 is 14.0 Å². The van der Waals surface area contributed by atoms with Gasteiger partial charge >= 0.3 is 5.97 Å². The number of carbonyl (C=O) groups is 1. The minimum atomic E-state index is -3.79. The van der Waals surface area contributed by atoms with Crippen molar-refractivity contribution in [2.24, 2.45) is 5.41 Å². The molecule has 0 saturated carbocycles. The predicted molar refractivity (Wildman–Crippen MR) is 175 cm³/mol. The van der Waals surface area contributed by atoms with Crippen LogP contribution in [0.2, 0.25) is 5.04 Å². The summed E-state index contributed by atoms with van der Waals surface area (Å²) in [6.07, 6.45) is 0.896. The van der Waals surface area contributed by atoms with E-state index in [2.05, 4.69) is 69.3 Å². The number of benzene rings is 2. The number of carbonyl (C=O) groups excluding carboxylic acids is 1. The van der Waals surface area contributed by atoms with Crippen LogP contribution in [0.15, 0.2) is 60.7 Å². The molecule has 0 aliphatic heterocycles. The summed E-state index contributed by atoms with van der Waals surface area (Å²) >= 11 is 0. The Morgan fingerprint density at radius 3 is 1.81 bits per heavy atom. The Balaban J connectivity index is 1.95. The Morgan fingerprint density at radius 1 is 0.814 bits per heavy atom. The zero-order chi connectivity index (χ0) is 32.4. The molecule has 0 heterocycles. The topological polar surface area (TPSA) is 91.4 Å². The van der Waals surface area contributed by atoms with Crippen molar-refractivity contribution in [1.29, 1.82) is 0 Å². The molecule has 8 nitrogen and oxygen atoms in total. The summed E-state index contributed by atoms with van der Waals surface area (Å²) in [7, 11) is -6.46. The van der Waals surface area contributed by atoms with E-state index in [1.165, 1.54) is 10.4 Å². The predicted octanol–water partition coefficient (Wildman–Crippen LogP) is 5.31. The maximum absolute atomic E-state index is 12.6. The molecule has 0 bridgehead atoms. The Morgan fingerprint density at radius 2 is 1.35 bits per heavy atom. The van der Waals surface area contributed by atoms with Crippen LogP contribution in [-0.4, -0.2) is 72.0 Å². The van der Waals surface area contributed by atoms with Crippen LogP contribution in [0, 0.1) is 5.41 Å². The van der Waals surface area contributed by atoms with E-state index >= 15 is 0 Å². The average molecular weight is 636 g/mol. The van der Waals surface area contributed by atoms with Gasteiger partial charge in [0, 0.05) is 18.6 Å². The van der Waals surface area contributed by atoms with Gasteiger partial charge in [-0.3, -0.25) is 8.98 Å². The zero-order valence-electron chi connectivity index (χ0n) is 27.6. The van der Waals surface area contributed by atoms with Crippen LogP contribution in [0.1, 0.15) is 75.2 Å². The lowest BCUT2D eigenvalue weighted by Gasteiger charge is -2.43. The van der Waals surface area contributed by atoms with Gasteiger partial charge in [0.25, 0.3) is 18.4 Å². The second kappa shape index (κ2) is 15.8. The molecule has 2 aromatic rings. The van der Waals surface area contributed by atoms with Crippen LogP contribution < -0.4 is 10.4 Å². The van der Waals surface area contributed by atoms with E-state index in [9.17, 15) is 13.2 Å². The van der Waals surface area contributed by atoms with E-state index in [0.29, 0.717) is 19.6 Å². The summed E-state index contributed by atoms with van der Waals surface area (Å²) < 4.78 is 43.3. The van der Waals surface area contributed by atoms with Gasteiger partial charge in [0.05, 0.1) is 32.1 Å². The maximum atomic E-state index is 12.6. The molecule has 0 unspecified atom stereocenters. The Kier molecular flexibility index (Phi) is 13.6. The fourth-order valence-electron chi connectivity index (χ4n) is 4.74. The van der Waals surface area contributed by atoms with Crippen molar-refractivity contribution < 1.29 is 31.4 Å². The van der Waals surface area contributed by atoms with E-state index in [1.807, 2.05) is 46.8 Å². The fourth-order valence-corrected chi connectivity index (χ4v) is 10.2. The highest BCUT2D eigenvalue weighted by Gasteiger charge is 2.50. The summed E-state index contributed by atoms with van der Waals surface area (Å²) in [6.45, 7) is 19.3. The normalized spacial score (nSPS) is 13.3. The Hall–Kier alpha value is -2.08. The third-order valence-electron chi connectivity index (χ3n) is 7.31. The van der Waals surface area contributed by atoms with Crippen molar-refractivity contribution in [3.05, 3.63) is 60.7 Å². The quantitative estimate of drug-likeness (QED) is 0.100. The SMILES string of the molecule is CCC(=O)ON(CCOCCS(=O)(=O)OCC(C)(C)CCO[Si](c1ccccc1)(c1ccccc1)C(C)(C)C)C(C)(C)C. The first-order chi connectivity index (χ1) is 19.9. The van der Waals surface area contributed by atoms with Crippen LogP contribution in [0.5, 0.6) is 0 Å². The highest BCUT2D eigenvalue weighted by Crippen LogP contribution is 2.37. The van der Waals surface area contributed by atoms with Gasteiger partial charge in [0.15, 0.2) is 0 Å². The summed E-state index contributed by atoms with van der Waals surface area (Å²) in [5.41, 5.74) is -0.842. The van der Waals surface area contributed by atoms with Crippen LogP contribution in [0.4, 0.5) is 0 Å². The molecule has 0 saturated heterocycles. The van der Waals surface area contributed by atoms with E-state index in [0.717, 1.165) is 0 Å². The van der Waals surface area contributed by atoms with Gasteiger partial charge in [-0.15, -0.1) is 5.06 Å². The molecule has 43 heavy (non-hydrogen) atoms.